The van der Waals surface area contributed by atoms with Crippen LogP contribution in [0.2, 0.25) is 5.02 Å². The standard InChI is InChI=1S/C19H24ClN/c1-3-5-7-15-10-12-16(13-11-15)19(21-4-2)17-8-6-9-18(20)14-17/h6,8-14,19,21H,3-5,7H2,1-2H3. The Labute approximate surface area is 133 Å². The average Bonchev–Trinajstić information content (AvgIpc) is 2.51. The van der Waals surface area contributed by atoms with Gasteiger partial charge >= 0.3 is 0 Å². The monoisotopic (exact) mass is 301 g/mol. The van der Waals surface area contributed by atoms with Crippen molar-refractivity contribution in [3.8, 4) is 0 Å². The molecule has 0 bridgehead atoms. The predicted octanol–water partition coefficient (Wildman–Crippen LogP) is 5.38. The van der Waals surface area contributed by atoms with Gasteiger partial charge in [0, 0.05) is 5.02 Å². The minimum atomic E-state index is 0.203. The van der Waals surface area contributed by atoms with E-state index in [0.717, 1.165) is 11.6 Å². The first-order chi connectivity index (χ1) is 10.2. The first kappa shape index (κ1) is 16.1. The predicted molar refractivity (Wildman–Crippen MR) is 92.0 cm³/mol. The Bertz CT molecular complexity index is 548. The number of benzene rings is 2. The molecular formula is C19H24ClN. The summed E-state index contributed by atoms with van der Waals surface area (Å²) in [5, 5.41) is 4.33. The Morgan fingerprint density at radius 1 is 1.00 bits per heavy atom. The second kappa shape index (κ2) is 8.21. The SMILES string of the molecule is CCCCc1ccc(C(NCC)c2cccc(Cl)c2)cc1. The van der Waals surface area contributed by atoms with Gasteiger partial charge in [0.25, 0.3) is 0 Å². The molecule has 1 unspecified atom stereocenters. The van der Waals surface area contributed by atoms with Crippen molar-refractivity contribution in [1.82, 2.24) is 5.32 Å². The van der Waals surface area contributed by atoms with Crippen LogP contribution in [0.25, 0.3) is 0 Å². The van der Waals surface area contributed by atoms with Crippen LogP contribution in [-0.4, -0.2) is 6.54 Å². The van der Waals surface area contributed by atoms with E-state index in [9.17, 15) is 0 Å². The van der Waals surface area contributed by atoms with Crippen LogP contribution in [0.15, 0.2) is 48.5 Å². The van der Waals surface area contributed by atoms with Crippen molar-refractivity contribution in [3.63, 3.8) is 0 Å². The summed E-state index contributed by atoms with van der Waals surface area (Å²) in [6.45, 7) is 5.29. The molecule has 2 aromatic rings. The van der Waals surface area contributed by atoms with Gasteiger partial charge in [0.05, 0.1) is 6.04 Å². The van der Waals surface area contributed by atoms with Crippen molar-refractivity contribution in [2.24, 2.45) is 0 Å². The van der Waals surface area contributed by atoms with E-state index < -0.39 is 0 Å². The summed E-state index contributed by atoms with van der Waals surface area (Å²) in [4.78, 5) is 0. The molecule has 0 radical (unpaired) electrons. The van der Waals surface area contributed by atoms with Crippen LogP contribution >= 0.6 is 11.6 Å². The quantitative estimate of drug-likeness (QED) is 0.724. The molecule has 21 heavy (non-hydrogen) atoms. The minimum Gasteiger partial charge on any atom is -0.307 e. The van der Waals surface area contributed by atoms with Crippen LogP contribution in [0.4, 0.5) is 0 Å². The van der Waals surface area contributed by atoms with Gasteiger partial charge in [-0.3, -0.25) is 0 Å². The Morgan fingerprint density at radius 3 is 2.38 bits per heavy atom. The van der Waals surface area contributed by atoms with Crippen molar-refractivity contribution in [2.45, 2.75) is 39.2 Å². The lowest BCUT2D eigenvalue weighted by atomic mass is 9.96. The highest BCUT2D eigenvalue weighted by Crippen LogP contribution is 2.25. The zero-order valence-electron chi connectivity index (χ0n) is 12.9. The first-order valence-electron chi connectivity index (χ1n) is 7.82. The summed E-state index contributed by atoms with van der Waals surface area (Å²) < 4.78 is 0. The summed E-state index contributed by atoms with van der Waals surface area (Å²) in [6.07, 6.45) is 3.66. The number of aryl methyl sites for hydroxylation is 1. The van der Waals surface area contributed by atoms with Crippen molar-refractivity contribution in [3.05, 3.63) is 70.2 Å². The van der Waals surface area contributed by atoms with Gasteiger partial charge in [-0.1, -0.05) is 68.3 Å². The Hall–Kier alpha value is -1.31. The number of hydrogen-bond acceptors (Lipinski definition) is 1. The topological polar surface area (TPSA) is 12.0 Å². The summed E-state index contributed by atoms with van der Waals surface area (Å²) in [6, 6.07) is 17.3. The van der Waals surface area contributed by atoms with Gasteiger partial charge < -0.3 is 5.32 Å². The lowest BCUT2D eigenvalue weighted by Crippen LogP contribution is -2.21. The fraction of sp³-hybridized carbons (Fsp3) is 0.368. The maximum Gasteiger partial charge on any atom is 0.0577 e. The van der Waals surface area contributed by atoms with Crippen LogP contribution in [0.1, 0.15) is 49.4 Å². The number of hydrogen-bond donors (Lipinski definition) is 1. The maximum absolute atomic E-state index is 6.13. The van der Waals surface area contributed by atoms with Gasteiger partial charge in [0.15, 0.2) is 0 Å². The highest BCUT2D eigenvalue weighted by Gasteiger charge is 2.13. The largest absolute Gasteiger partial charge is 0.307 e. The second-order valence-electron chi connectivity index (χ2n) is 5.39. The van der Waals surface area contributed by atoms with E-state index in [1.807, 2.05) is 18.2 Å². The molecule has 0 amide bonds. The molecule has 1 nitrogen and oxygen atoms in total. The molecule has 0 aliphatic rings. The average molecular weight is 302 g/mol. The van der Waals surface area contributed by atoms with Gasteiger partial charge in [-0.2, -0.15) is 0 Å². The third-order valence-electron chi connectivity index (χ3n) is 3.72. The van der Waals surface area contributed by atoms with Crippen LogP contribution in [0.5, 0.6) is 0 Å². The van der Waals surface area contributed by atoms with Crippen molar-refractivity contribution < 1.29 is 0 Å². The lowest BCUT2D eigenvalue weighted by molar-refractivity contribution is 0.630. The van der Waals surface area contributed by atoms with E-state index in [0.29, 0.717) is 0 Å². The number of rotatable bonds is 7. The Balaban J connectivity index is 2.21. The molecule has 2 rings (SSSR count). The molecule has 0 heterocycles. The second-order valence-corrected chi connectivity index (χ2v) is 5.83. The Kier molecular flexibility index (Phi) is 6.28. The highest BCUT2D eigenvalue weighted by atomic mass is 35.5. The van der Waals surface area contributed by atoms with Crippen LogP contribution in [0.3, 0.4) is 0 Å². The first-order valence-corrected chi connectivity index (χ1v) is 8.20. The number of halogens is 1. The molecule has 1 N–H and O–H groups in total. The van der Waals surface area contributed by atoms with Gasteiger partial charge in [0.1, 0.15) is 0 Å². The van der Waals surface area contributed by atoms with Crippen LogP contribution in [-0.2, 0) is 6.42 Å². The van der Waals surface area contributed by atoms with Gasteiger partial charge in [0.2, 0.25) is 0 Å². The van der Waals surface area contributed by atoms with E-state index >= 15 is 0 Å². The van der Waals surface area contributed by atoms with Gasteiger partial charge in [-0.25, -0.2) is 0 Å². The molecule has 112 valence electrons. The summed E-state index contributed by atoms with van der Waals surface area (Å²) >= 11 is 6.13. The van der Waals surface area contributed by atoms with Crippen molar-refractivity contribution >= 4 is 11.6 Å². The number of unbranched alkanes of at least 4 members (excludes halogenated alkanes) is 1. The molecule has 0 spiro atoms. The Morgan fingerprint density at radius 2 is 1.76 bits per heavy atom. The third-order valence-corrected chi connectivity index (χ3v) is 3.96. The summed E-state index contributed by atoms with van der Waals surface area (Å²) in [5.74, 6) is 0. The van der Waals surface area contributed by atoms with Crippen LogP contribution < -0.4 is 5.32 Å². The zero-order chi connectivity index (χ0) is 15.1. The maximum atomic E-state index is 6.13. The van der Waals surface area contributed by atoms with E-state index in [2.05, 4.69) is 49.5 Å². The smallest absolute Gasteiger partial charge is 0.0577 e. The molecule has 0 saturated heterocycles. The number of nitrogens with one attached hydrogen (secondary N) is 1. The minimum absolute atomic E-state index is 0.203. The normalized spacial score (nSPS) is 12.3. The molecular weight excluding hydrogens is 278 g/mol. The van der Waals surface area contributed by atoms with Gasteiger partial charge in [-0.15, -0.1) is 0 Å². The summed E-state index contributed by atoms with van der Waals surface area (Å²) in [7, 11) is 0. The van der Waals surface area contributed by atoms with E-state index in [1.54, 1.807) is 0 Å². The third kappa shape index (κ3) is 4.59. The molecule has 1 atom stereocenters. The molecule has 2 aromatic carbocycles. The fourth-order valence-corrected chi connectivity index (χ4v) is 2.77. The fourth-order valence-electron chi connectivity index (χ4n) is 2.58. The molecule has 0 aromatic heterocycles. The molecule has 2 heteroatoms. The van der Waals surface area contributed by atoms with Crippen molar-refractivity contribution in [2.75, 3.05) is 6.54 Å². The van der Waals surface area contributed by atoms with Crippen LogP contribution in [0, 0.1) is 0 Å². The highest BCUT2D eigenvalue weighted by molar-refractivity contribution is 6.30. The lowest BCUT2D eigenvalue weighted by Gasteiger charge is -2.19. The molecule has 0 aliphatic heterocycles. The zero-order valence-corrected chi connectivity index (χ0v) is 13.7. The van der Waals surface area contributed by atoms with E-state index in [4.69, 9.17) is 11.6 Å². The van der Waals surface area contributed by atoms with Gasteiger partial charge in [-0.05, 0) is 48.2 Å². The molecule has 0 aliphatic carbocycles. The summed E-state index contributed by atoms with van der Waals surface area (Å²) in [5.41, 5.74) is 3.92. The molecule has 0 fully saturated rings. The van der Waals surface area contributed by atoms with E-state index in [1.165, 1.54) is 36.0 Å². The van der Waals surface area contributed by atoms with Crippen molar-refractivity contribution in [1.29, 1.82) is 0 Å². The van der Waals surface area contributed by atoms with E-state index in [-0.39, 0.29) is 6.04 Å². The molecule has 0 saturated carbocycles.